The lowest BCUT2D eigenvalue weighted by Crippen LogP contribution is -2.82. The van der Waals surface area contributed by atoms with Crippen molar-refractivity contribution in [3.8, 4) is 27.9 Å². The third-order valence-electron chi connectivity index (χ3n) is 22.4. The van der Waals surface area contributed by atoms with Crippen LogP contribution in [0.5, 0.6) is 0 Å². The largest absolute Gasteiger partial charge is 0.311 e. The number of anilines is 6. The zero-order valence-corrected chi connectivity index (χ0v) is 61.7. The number of benzene rings is 15. The van der Waals surface area contributed by atoms with Crippen molar-refractivity contribution in [1.82, 2.24) is 4.57 Å². The van der Waals surface area contributed by atoms with Gasteiger partial charge in [-0.1, -0.05) is 363 Å². The minimum absolute atomic E-state index is 0.00281. The van der Waals surface area contributed by atoms with Crippen molar-refractivity contribution < 1.29 is 0 Å². The molecule has 3 heterocycles. The van der Waals surface area contributed by atoms with E-state index in [2.05, 4.69) is 432 Å². The highest BCUT2D eigenvalue weighted by atomic mass is 28.3. The highest BCUT2D eigenvalue weighted by molar-refractivity contribution is 7.24. The summed E-state index contributed by atoms with van der Waals surface area (Å²) in [4.78, 5) is 5.39. The first-order chi connectivity index (χ1) is 50.9. The summed E-state index contributed by atoms with van der Waals surface area (Å²) in [6.07, 6.45) is 0. The molecule has 0 aliphatic carbocycles. The lowest BCUT2D eigenvalue weighted by atomic mass is 9.33. The topological polar surface area (TPSA) is 11.4 Å². The van der Waals surface area contributed by atoms with Gasteiger partial charge in [-0.05, 0) is 151 Å². The van der Waals surface area contributed by atoms with Gasteiger partial charge in [-0.15, -0.1) is 0 Å². The number of hydrogen-bond donors (Lipinski definition) is 0. The van der Waals surface area contributed by atoms with E-state index in [0.717, 1.165) is 61.8 Å². The quantitative estimate of drug-likeness (QED) is 0.0842. The van der Waals surface area contributed by atoms with Gasteiger partial charge >= 0.3 is 0 Å². The van der Waals surface area contributed by atoms with Gasteiger partial charge in [0.25, 0.3) is 6.71 Å². The molecule has 0 saturated carbocycles. The van der Waals surface area contributed by atoms with Crippen LogP contribution in [-0.2, 0) is 10.8 Å². The van der Waals surface area contributed by atoms with Crippen molar-refractivity contribution in [2.24, 2.45) is 0 Å². The summed E-state index contributed by atoms with van der Waals surface area (Å²) in [6.45, 7) is 13.5. The van der Waals surface area contributed by atoms with E-state index in [1.165, 1.54) is 91.0 Å². The Morgan fingerprint density at radius 2 is 0.644 bits per heavy atom. The molecule has 1 aromatic heterocycles. The summed E-state index contributed by atoms with van der Waals surface area (Å²) in [7, 11) is -6.95. The molecular formula is C98H80BN3Si2. The molecule has 6 heteroatoms. The molecule has 2 aliphatic rings. The third kappa shape index (κ3) is 10.4. The van der Waals surface area contributed by atoms with Crippen LogP contribution in [-0.4, -0.2) is 27.4 Å². The summed E-state index contributed by atoms with van der Waals surface area (Å²) in [5.74, 6) is 0. The van der Waals surface area contributed by atoms with E-state index in [9.17, 15) is 0 Å². The Hall–Kier alpha value is -11.8. The molecule has 0 N–H and O–H groups in total. The molecule has 0 saturated heterocycles. The van der Waals surface area contributed by atoms with Crippen molar-refractivity contribution >= 4 is 137 Å². The van der Waals surface area contributed by atoms with Gasteiger partial charge in [0, 0.05) is 44.8 Å². The second-order valence-corrected chi connectivity index (χ2v) is 37.9. The van der Waals surface area contributed by atoms with Crippen molar-refractivity contribution in [1.29, 1.82) is 0 Å². The summed E-state index contributed by atoms with van der Waals surface area (Å²) in [6, 6.07) is 145. The average molecular weight is 1370 g/mol. The monoisotopic (exact) mass is 1370 g/mol. The highest BCUT2D eigenvalue weighted by Crippen LogP contribution is 2.49. The molecule has 16 aromatic rings. The first-order valence-corrected chi connectivity index (χ1v) is 40.7. The predicted octanol–water partition coefficient (Wildman–Crippen LogP) is 17.6. The molecule has 0 atom stereocenters. The number of rotatable bonds is 13. The molecule has 104 heavy (non-hydrogen) atoms. The third-order valence-corrected chi connectivity index (χ3v) is 32.0. The van der Waals surface area contributed by atoms with Gasteiger partial charge in [0.05, 0.1) is 22.4 Å². The fourth-order valence-corrected chi connectivity index (χ4v) is 27.6. The second kappa shape index (κ2) is 25.6. The van der Waals surface area contributed by atoms with Gasteiger partial charge in [0.2, 0.25) is 0 Å². The van der Waals surface area contributed by atoms with Crippen LogP contribution in [0.25, 0.3) is 49.7 Å². The zero-order chi connectivity index (χ0) is 70.3. The first kappa shape index (κ1) is 64.3. The second-order valence-electron chi connectivity index (χ2n) is 30.3. The smallest absolute Gasteiger partial charge is 0.252 e. The summed E-state index contributed by atoms with van der Waals surface area (Å²) in [5.41, 5.74) is 21.2. The molecule has 0 spiro atoms. The molecule has 2 aliphatic heterocycles. The molecule has 18 rings (SSSR count). The number of para-hydroxylation sites is 4. The summed E-state index contributed by atoms with van der Waals surface area (Å²) < 4.78 is 2.55. The molecule has 0 bridgehead atoms. The van der Waals surface area contributed by atoms with E-state index < -0.39 is 16.1 Å². The molecule has 498 valence electrons. The average Bonchev–Trinajstić information content (AvgIpc) is 0.705. The highest BCUT2D eigenvalue weighted by Gasteiger charge is 2.53. The molecule has 0 amide bonds. The van der Waals surface area contributed by atoms with E-state index in [0.29, 0.717) is 0 Å². The van der Waals surface area contributed by atoms with Crippen LogP contribution in [0.3, 0.4) is 0 Å². The van der Waals surface area contributed by atoms with Crippen LogP contribution in [0, 0.1) is 0 Å². The van der Waals surface area contributed by atoms with Crippen molar-refractivity contribution in [2.75, 3.05) is 9.80 Å². The van der Waals surface area contributed by atoms with Crippen LogP contribution < -0.4 is 67.7 Å². The maximum atomic E-state index is 2.79. The molecule has 3 nitrogen and oxygen atoms in total. The lowest BCUT2D eigenvalue weighted by molar-refractivity contribution is 0.590. The molecule has 0 radical (unpaired) electrons. The Balaban J connectivity index is 1.05. The Labute approximate surface area is 614 Å². The lowest BCUT2D eigenvalue weighted by Gasteiger charge is -2.48. The fourth-order valence-electron chi connectivity index (χ4n) is 17.6. The van der Waals surface area contributed by atoms with E-state index in [-0.39, 0.29) is 17.5 Å². The number of aromatic nitrogens is 1. The van der Waals surface area contributed by atoms with Gasteiger partial charge in [0.1, 0.15) is 0 Å². The maximum Gasteiger partial charge on any atom is 0.252 e. The van der Waals surface area contributed by atoms with Gasteiger partial charge in [-0.25, -0.2) is 0 Å². The zero-order valence-electron chi connectivity index (χ0n) is 59.7. The van der Waals surface area contributed by atoms with Crippen molar-refractivity contribution in [3.63, 3.8) is 0 Å². The minimum Gasteiger partial charge on any atom is -0.311 e. The first-order valence-electron chi connectivity index (χ1n) is 36.7. The SMILES string of the molecule is CC(C)(C)c1ccc(-c2ccc(-c3ccc(C(C)(C)C)cc3)c(N3c4ccccc4B4c5c(cc(-n6c7ccccc7c7ccccc76)cc53)N(c3ccccc3)c3cc([Si](c5ccccc5)(c5ccccc5)c5ccccc5)cc([Si](c5ccccc5)(c5ccccc5)c5ccccc5)c34)c2)cc1. The van der Waals surface area contributed by atoms with Crippen LogP contribution in [0.15, 0.2) is 376 Å². The van der Waals surface area contributed by atoms with Gasteiger partial charge < -0.3 is 14.4 Å². The van der Waals surface area contributed by atoms with E-state index in [4.69, 9.17) is 0 Å². The van der Waals surface area contributed by atoms with E-state index >= 15 is 0 Å². The summed E-state index contributed by atoms with van der Waals surface area (Å²) >= 11 is 0. The fraction of sp³-hybridized carbons (Fsp3) is 0.0816. The molecule has 0 fully saturated rings. The maximum absolute atomic E-state index is 3.57. The van der Waals surface area contributed by atoms with Crippen molar-refractivity contribution in [3.05, 3.63) is 387 Å². The Morgan fingerprint density at radius 3 is 1.12 bits per heavy atom. The summed E-state index contributed by atoms with van der Waals surface area (Å²) in [5, 5.41) is 13.0. The standard InChI is InChI=1S/C98H80BN3Si2/c1-97(2,3)72-59-54-69(55-60-72)71-58-63-83(70-56-61-73(62-57-70)98(4,5)6)90(64-71)102-89-53-33-30-50-86(89)99-95-91(65-75(66-92(95)102)101-87-51-31-28-48-84(87)85-49-29-32-52-88(85)101)100(74-34-14-7-15-35-74)93-67-82(103(76-36-16-8-17-37-76,77-38-18-9-19-39-77)78-40-20-10-21-41-78)68-94(96(93)99)104(79-42-22-11-23-43-79,80-44-24-12-25-45-80)81-46-26-13-27-47-81/h7-68H,1-6H3. The molecular weight excluding hydrogens is 1290 g/mol. The number of nitrogens with zero attached hydrogens (tertiary/aromatic N) is 3. The van der Waals surface area contributed by atoms with Crippen LogP contribution >= 0.6 is 0 Å². The van der Waals surface area contributed by atoms with Crippen molar-refractivity contribution in [2.45, 2.75) is 52.4 Å². The van der Waals surface area contributed by atoms with Gasteiger partial charge in [-0.2, -0.15) is 0 Å². The van der Waals surface area contributed by atoms with Gasteiger partial charge in [0.15, 0.2) is 16.1 Å². The Morgan fingerprint density at radius 1 is 0.260 bits per heavy atom. The molecule has 15 aromatic carbocycles. The minimum atomic E-state index is -3.57. The number of fused-ring (bicyclic) bond motifs is 7. The molecule has 0 unspecified atom stereocenters. The van der Waals surface area contributed by atoms with Crippen LogP contribution in [0.4, 0.5) is 34.1 Å². The van der Waals surface area contributed by atoms with E-state index in [1.54, 1.807) is 0 Å². The Kier molecular flexibility index (Phi) is 15.8. The predicted molar refractivity (Wildman–Crippen MR) is 450 cm³/mol. The Bertz CT molecular complexity index is 5610. The normalized spacial score (nSPS) is 12.8. The number of hydrogen-bond acceptors (Lipinski definition) is 2. The van der Waals surface area contributed by atoms with Crippen LogP contribution in [0.1, 0.15) is 52.7 Å². The van der Waals surface area contributed by atoms with Crippen LogP contribution in [0.2, 0.25) is 0 Å². The van der Waals surface area contributed by atoms with E-state index in [1.807, 2.05) is 0 Å². The van der Waals surface area contributed by atoms with Gasteiger partial charge in [-0.3, -0.25) is 0 Å².